The predicted molar refractivity (Wildman–Crippen MR) is 101 cm³/mol. The van der Waals surface area contributed by atoms with E-state index in [9.17, 15) is 9.90 Å². The minimum atomic E-state index is 0.241. The standard InChI is InChI=1S/C19H22N6O2/c26-15-6-4-14(5-7-15)13-18-22-21-17-9-8-16(23-25(17)18)20-10-2-12-24-11-1-3-19(24)27/h4-9,26H,1-3,10-13H2,(H,20,23). The number of carbonyl (C=O) groups excluding carboxylic acids is 1. The highest BCUT2D eigenvalue weighted by atomic mass is 16.3. The van der Waals surface area contributed by atoms with Crippen molar-refractivity contribution in [1.29, 1.82) is 0 Å². The molecule has 0 bridgehead atoms. The van der Waals surface area contributed by atoms with Gasteiger partial charge in [-0.25, -0.2) is 0 Å². The minimum absolute atomic E-state index is 0.241. The molecule has 3 heterocycles. The number of amides is 1. The zero-order valence-electron chi connectivity index (χ0n) is 15.0. The molecule has 140 valence electrons. The molecule has 1 fully saturated rings. The molecule has 8 heteroatoms. The van der Waals surface area contributed by atoms with Gasteiger partial charge in [0.2, 0.25) is 5.91 Å². The zero-order valence-corrected chi connectivity index (χ0v) is 15.0. The average molecular weight is 366 g/mol. The molecule has 0 saturated carbocycles. The molecule has 0 unspecified atom stereocenters. The first-order chi connectivity index (χ1) is 13.2. The number of hydrogen-bond donors (Lipinski definition) is 2. The molecule has 4 rings (SSSR count). The van der Waals surface area contributed by atoms with Gasteiger partial charge < -0.3 is 15.3 Å². The van der Waals surface area contributed by atoms with Gasteiger partial charge in [-0.15, -0.1) is 15.3 Å². The van der Waals surface area contributed by atoms with Crippen LogP contribution in [-0.4, -0.2) is 55.4 Å². The van der Waals surface area contributed by atoms with Gasteiger partial charge in [-0.2, -0.15) is 4.52 Å². The van der Waals surface area contributed by atoms with Gasteiger partial charge in [-0.1, -0.05) is 12.1 Å². The Morgan fingerprint density at radius 1 is 1.11 bits per heavy atom. The smallest absolute Gasteiger partial charge is 0.222 e. The fourth-order valence-corrected chi connectivity index (χ4v) is 3.26. The number of phenolic OH excluding ortho intramolecular Hbond substituents is 1. The first-order valence-electron chi connectivity index (χ1n) is 9.20. The summed E-state index contributed by atoms with van der Waals surface area (Å²) < 4.78 is 1.74. The summed E-state index contributed by atoms with van der Waals surface area (Å²) >= 11 is 0. The summed E-state index contributed by atoms with van der Waals surface area (Å²) in [5.41, 5.74) is 1.72. The summed E-state index contributed by atoms with van der Waals surface area (Å²) in [5, 5.41) is 25.7. The van der Waals surface area contributed by atoms with Crippen molar-refractivity contribution in [3.05, 3.63) is 47.8 Å². The van der Waals surface area contributed by atoms with Crippen LogP contribution in [-0.2, 0) is 11.2 Å². The molecule has 0 spiro atoms. The highest BCUT2D eigenvalue weighted by Gasteiger charge is 2.18. The number of carbonyl (C=O) groups is 1. The molecule has 3 aromatic rings. The van der Waals surface area contributed by atoms with E-state index in [-0.39, 0.29) is 11.7 Å². The molecule has 2 aromatic heterocycles. The number of likely N-dealkylation sites (tertiary alicyclic amines) is 1. The van der Waals surface area contributed by atoms with Crippen molar-refractivity contribution >= 4 is 17.4 Å². The summed E-state index contributed by atoms with van der Waals surface area (Å²) in [7, 11) is 0. The molecule has 2 N–H and O–H groups in total. The second kappa shape index (κ2) is 7.61. The lowest BCUT2D eigenvalue weighted by Gasteiger charge is -2.15. The zero-order chi connectivity index (χ0) is 18.6. The van der Waals surface area contributed by atoms with E-state index in [1.165, 1.54) is 0 Å². The quantitative estimate of drug-likeness (QED) is 0.620. The van der Waals surface area contributed by atoms with Gasteiger partial charge in [0.05, 0.1) is 0 Å². The Balaban J connectivity index is 1.39. The fourth-order valence-electron chi connectivity index (χ4n) is 3.26. The molecule has 8 nitrogen and oxygen atoms in total. The van der Waals surface area contributed by atoms with Crippen molar-refractivity contribution in [1.82, 2.24) is 24.7 Å². The molecule has 27 heavy (non-hydrogen) atoms. The van der Waals surface area contributed by atoms with Crippen LogP contribution in [0.5, 0.6) is 5.75 Å². The largest absolute Gasteiger partial charge is 0.508 e. The molecule has 1 saturated heterocycles. The minimum Gasteiger partial charge on any atom is -0.508 e. The van der Waals surface area contributed by atoms with E-state index in [1.54, 1.807) is 16.6 Å². The van der Waals surface area contributed by atoms with E-state index >= 15 is 0 Å². The third-order valence-corrected chi connectivity index (χ3v) is 4.71. The average Bonchev–Trinajstić information content (AvgIpc) is 3.27. The summed E-state index contributed by atoms with van der Waals surface area (Å²) in [6.45, 7) is 2.41. The van der Waals surface area contributed by atoms with Gasteiger partial charge in [0.1, 0.15) is 11.6 Å². The SMILES string of the molecule is O=C1CCCN1CCCNc1ccc2nnc(Cc3ccc(O)cc3)n2n1. The van der Waals surface area contributed by atoms with Crippen LogP contribution in [0.2, 0.25) is 0 Å². The maximum atomic E-state index is 11.6. The fraction of sp³-hybridized carbons (Fsp3) is 0.368. The van der Waals surface area contributed by atoms with Gasteiger partial charge in [0.25, 0.3) is 0 Å². The third kappa shape index (κ3) is 3.99. The predicted octanol–water partition coefficient (Wildman–Crippen LogP) is 1.85. The number of aromatic nitrogens is 4. The van der Waals surface area contributed by atoms with Crippen molar-refractivity contribution in [2.45, 2.75) is 25.7 Å². The van der Waals surface area contributed by atoms with E-state index < -0.39 is 0 Å². The maximum Gasteiger partial charge on any atom is 0.222 e. The Kier molecular flexibility index (Phi) is 4.86. The Morgan fingerprint density at radius 2 is 1.96 bits per heavy atom. The van der Waals surface area contributed by atoms with Crippen LogP contribution in [0.4, 0.5) is 5.82 Å². The van der Waals surface area contributed by atoms with Gasteiger partial charge in [-0.3, -0.25) is 4.79 Å². The van der Waals surface area contributed by atoms with Crippen molar-refractivity contribution in [2.75, 3.05) is 25.0 Å². The molecule has 1 aliphatic heterocycles. The van der Waals surface area contributed by atoms with Crippen molar-refractivity contribution in [3.63, 3.8) is 0 Å². The van der Waals surface area contributed by atoms with Crippen molar-refractivity contribution in [2.24, 2.45) is 0 Å². The number of fused-ring (bicyclic) bond motifs is 1. The van der Waals surface area contributed by atoms with Crippen molar-refractivity contribution < 1.29 is 9.90 Å². The lowest BCUT2D eigenvalue weighted by Crippen LogP contribution is -2.27. The molecular weight excluding hydrogens is 344 g/mol. The number of benzene rings is 1. The highest BCUT2D eigenvalue weighted by Crippen LogP contribution is 2.15. The van der Waals surface area contributed by atoms with Crippen LogP contribution in [0.15, 0.2) is 36.4 Å². The molecule has 0 radical (unpaired) electrons. The van der Waals surface area contributed by atoms with Crippen LogP contribution in [0.3, 0.4) is 0 Å². The van der Waals surface area contributed by atoms with E-state index in [2.05, 4.69) is 20.6 Å². The van der Waals surface area contributed by atoms with Crippen LogP contribution in [0, 0.1) is 0 Å². The normalized spacial score (nSPS) is 14.2. The monoisotopic (exact) mass is 366 g/mol. The van der Waals surface area contributed by atoms with Crippen LogP contribution >= 0.6 is 0 Å². The van der Waals surface area contributed by atoms with E-state index in [0.29, 0.717) is 18.5 Å². The third-order valence-electron chi connectivity index (χ3n) is 4.71. The topological polar surface area (TPSA) is 95.7 Å². The van der Waals surface area contributed by atoms with E-state index in [0.717, 1.165) is 49.7 Å². The van der Waals surface area contributed by atoms with Gasteiger partial charge in [0, 0.05) is 32.5 Å². The number of rotatable bonds is 7. The number of nitrogens with zero attached hydrogens (tertiary/aromatic N) is 5. The molecule has 0 atom stereocenters. The summed E-state index contributed by atoms with van der Waals surface area (Å²) in [5.74, 6) is 1.99. The van der Waals surface area contributed by atoms with Gasteiger partial charge in [-0.05, 0) is 42.7 Å². The number of hydrogen-bond acceptors (Lipinski definition) is 6. The number of aromatic hydroxyl groups is 1. The summed E-state index contributed by atoms with van der Waals surface area (Å²) in [6, 6.07) is 10.8. The van der Waals surface area contributed by atoms with Crippen LogP contribution in [0.25, 0.3) is 5.65 Å². The molecule has 1 amide bonds. The number of nitrogens with one attached hydrogen (secondary N) is 1. The van der Waals surface area contributed by atoms with E-state index in [1.807, 2.05) is 29.2 Å². The Hall–Kier alpha value is -3.16. The second-order valence-electron chi connectivity index (χ2n) is 6.71. The lowest BCUT2D eigenvalue weighted by atomic mass is 10.1. The molecule has 1 aliphatic rings. The molecule has 0 aliphatic carbocycles. The maximum absolute atomic E-state index is 11.6. The summed E-state index contributed by atoms with van der Waals surface area (Å²) in [6.07, 6.45) is 3.12. The van der Waals surface area contributed by atoms with Crippen LogP contribution in [0.1, 0.15) is 30.7 Å². The van der Waals surface area contributed by atoms with E-state index in [4.69, 9.17) is 0 Å². The second-order valence-corrected chi connectivity index (χ2v) is 6.71. The van der Waals surface area contributed by atoms with Gasteiger partial charge in [0.15, 0.2) is 11.5 Å². The Morgan fingerprint density at radius 3 is 2.74 bits per heavy atom. The highest BCUT2D eigenvalue weighted by molar-refractivity contribution is 5.78. The van der Waals surface area contributed by atoms with Crippen LogP contribution < -0.4 is 5.32 Å². The Bertz CT molecular complexity index is 937. The Labute approximate surface area is 156 Å². The van der Waals surface area contributed by atoms with Gasteiger partial charge >= 0.3 is 0 Å². The molecular formula is C19H22N6O2. The number of anilines is 1. The molecule has 1 aromatic carbocycles. The first-order valence-corrected chi connectivity index (χ1v) is 9.20. The lowest BCUT2D eigenvalue weighted by molar-refractivity contribution is -0.127. The number of phenols is 1. The summed E-state index contributed by atoms with van der Waals surface area (Å²) in [4.78, 5) is 13.5. The van der Waals surface area contributed by atoms with Crippen molar-refractivity contribution in [3.8, 4) is 5.75 Å². The first kappa shape index (κ1) is 17.3.